The highest BCUT2D eigenvalue weighted by atomic mass is 32.2. The Labute approximate surface area is 137 Å². The van der Waals surface area contributed by atoms with E-state index in [1.165, 1.54) is 5.41 Å². The highest BCUT2D eigenvalue weighted by Crippen LogP contribution is 2.21. The molecule has 0 atom stereocenters. The molecule has 0 radical (unpaired) electrons. The van der Waals surface area contributed by atoms with Gasteiger partial charge in [0.05, 0.1) is 0 Å². The lowest BCUT2D eigenvalue weighted by Gasteiger charge is -2.21. The third kappa shape index (κ3) is 6.52. The number of nitrogens with one attached hydrogen (secondary N) is 1. The van der Waals surface area contributed by atoms with Crippen LogP contribution in [0.15, 0.2) is 29.7 Å². The van der Waals surface area contributed by atoms with Crippen LogP contribution >= 0.6 is 11.8 Å². The molecule has 122 valence electrons. The van der Waals surface area contributed by atoms with E-state index in [0.717, 1.165) is 42.9 Å². The Balaban J connectivity index is 1.72. The van der Waals surface area contributed by atoms with E-state index in [-0.39, 0.29) is 0 Å². The van der Waals surface area contributed by atoms with E-state index in [2.05, 4.69) is 4.72 Å². The van der Waals surface area contributed by atoms with Crippen LogP contribution in [0.2, 0.25) is 0 Å². The van der Waals surface area contributed by atoms with Gasteiger partial charge in [-0.2, -0.15) is 11.8 Å². The van der Waals surface area contributed by atoms with E-state index in [0.29, 0.717) is 11.8 Å². The second-order valence-corrected chi connectivity index (χ2v) is 8.39. The minimum absolute atomic E-state index is 0.461. The largest absolute Gasteiger partial charge is 0.381 e. The summed E-state index contributed by atoms with van der Waals surface area (Å²) in [4.78, 5) is 0. The molecule has 22 heavy (non-hydrogen) atoms. The summed E-state index contributed by atoms with van der Waals surface area (Å²) in [5, 5.41) is 1.83. The lowest BCUT2D eigenvalue weighted by atomic mass is 10.2. The summed E-state index contributed by atoms with van der Waals surface area (Å²) in [7, 11) is -3.36. The predicted molar refractivity (Wildman–Crippen MR) is 93.4 cm³/mol. The highest BCUT2D eigenvalue weighted by molar-refractivity contribution is 8.00. The molecule has 1 fully saturated rings. The molecule has 0 spiro atoms. The van der Waals surface area contributed by atoms with Gasteiger partial charge in [-0.25, -0.2) is 13.1 Å². The van der Waals surface area contributed by atoms with E-state index in [1.807, 2.05) is 43.0 Å². The van der Waals surface area contributed by atoms with Crippen molar-refractivity contribution in [2.75, 3.05) is 25.5 Å². The molecule has 1 aromatic rings. The summed E-state index contributed by atoms with van der Waals surface area (Å²) >= 11 is 1.82. The summed E-state index contributed by atoms with van der Waals surface area (Å²) in [6, 6.07) is 7.74. The quantitative estimate of drug-likeness (QED) is 0.775. The zero-order valence-electron chi connectivity index (χ0n) is 12.8. The Kier molecular flexibility index (Phi) is 6.95. The first kappa shape index (κ1) is 17.5. The van der Waals surface area contributed by atoms with E-state index in [4.69, 9.17) is 4.74 Å². The van der Waals surface area contributed by atoms with E-state index in [9.17, 15) is 8.42 Å². The first-order valence-corrected chi connectivity index (χ1v) is 10.1. The molecular weight excluding hydrogens is 318 g/mol. The summed E-state index contributed by atoms with van der Waals surface area (Å²) < 4.78 is 31.7. The fourth-order valence-corrected chi connectivity index (χ4v) is 4.17. The van der Waals surface area contributed by atoms with Crippen LogP contribution in [-0.2, 0) is 14.8 Å². The monoisotopic (exact) mass is 341 g/mol. The topological polar surface area (TPSA) is 55.4 Å². The van der Waals surface area contributed by atoms with Crippen molar-refractivity contribution in [3.8, 4) is 0 Å². The molecule has 0 unspecified atom stereocenters. The first-order chi connectivity index (χ1) is 10.6. The lowest BCUT2D eigenvalue weighted by Crippen LogP contribution is -2.25. The van der Waals surface area contributed by atoms with Gasteiger partial charge in [0.2, 0.25) is 10.0 Å². The SMILES string of the molecule is Cc1ccc(/C=C/S(=O)(=O)NCCSC2CCOCC2)cc1. The molecule has 1 N–H and O–H groups in total. The average Bonchev–Trinajstić information content (AvgIpc) is 2.52. The summed E-state index contributed by atoms with van der Waals surface area (Å²) in [5.74, 6) is 0.794. The predicted octanol–water partition coefficient (Wildman–Crippen LogP) is 2.80. The molecule has 0 bridgehead atoms. The van der Waals surface area contributed by atoms with Gasteiger partial charge >= 0.3 is 0 Å². The lowest BCUT2D eigenvalue weighted by molar-refractivity contribution is 0.100. The molecule has 0 aromatic heterocycles. The molecule has 1 saturated heterocycles. The molecule has 4 nitrogen and oxygen atoms in total. The number of benzene rings is 1. The van der Waals surface area contributed by atoms with E-state index < -0.39 is 10.0 Å². The van der Waals surface area contributed by atoms with Crippen molar-refractivity contribution in [1.82, 2.24) is 4.72 Å². The number of thioether (sulfide) groups is 1. The van der Waals surface area contributed by atoms with Crippen molar-refractivity contribution < 1.29 is 13.2 Å². The Morgan fingerprint density at radius 2 is 1.95 bits per heavy atom. The van der Waals surface area contributed by atoms with Crippen molar-refractivity contribution in [3.05, 3.63) is 40.8 Å². The van der Waals surface area contributed by atoms with Crippen LogP contribution in [0.5, 0.6) is 0 Å². The molecule has 0 amide bonds. The molecule has 1 aliphatic heterocycles. The minimum Gasteiger partial charge on any atom is -0.381 e. The van der Waals surface area contributed by atoms with Gasteiger partial charge in [-0.3, -0.25) is 0 Å². The number of sulfonamides is 1. The number of aryl methyl sites for hydroxylation is 1. The maximum atomic E-state index is 11.9. The smallest absolute Gasteiger partial charge is 0.233 e. The maximum Gasteiger partial charge on any atom is 0.233 e. The third-order valence-electron chi connectivity index (χ3n) is 3.44. The molecule has 2 rings (SSSR count). The van der Waals surface area contributed by atoms with Crippen LogP contribution in [0.4, 0.5) is 0 Å². The summed E-state index contributed by atoms with van der Waals surface area (Å²) in [6.45, 7) is 4.11. The molecule has 0 saturated carbocycles. The normalized spacial score (nSPS) is 17.1. The van der Waals surface area contributed by atoms with Crippen molar-refractivity contribution >= 4 is 27.9 Å². The Morgan fingerprint density at radius 3 is 2.64 bits per heavy atom. The van der Waals surface area contributed by atoms with Crippen molar-refractivity contribution in [2.24, 2.45) is 0 Å². The van der Waals surface area contributed by atoms with Crippen LogP contribution in [0.3, 0.4) is 0 Å². The van der Waals surface area contributed by atoms with Gasteiger partial charge in [-0.15, -0.1) is 0 Å². The third-order valence-corrected chi connectivity index (χ3v) is 5.93. The molecule has 0 aliphatic carbocycles. The molecular formula is C16H23NO3S2. The fraction of sp³-hybridized carbons (Fsp3) is 0.500. The van der Waals surface area contributed by atoms with Gasteiger partial charge in [0, 0.05) is 36.2 Å². The van der Waals surface area contributed by atoms with Gasteiger partial charge in [0.15, 0.2) is 0 Å². The second-order valence-electron chi connectivity index (χ2n) is 5.34. The molecule has 1 aromatic carbocycles. The van der Waals surface area contributed by atoms with Gasteiger partial charge in [0.1, 0.15) is 0 Å². The Morgan fingerprint density at radius 1 is 1.27 bits per heavy atom. The Bertz CT molecular complexity index is 576. The van der Waals surface area contributed by atoms with Gasteiger partial charge in [-0.05, 0) is 31.4 Å². The summed E-state index contributed by atoms with van der Waals surface area (Å²) in [5.41, 5.74) is 2.04. The zero-order chi connectivity index (χ0) is 15.8. The molecule has 6 heteroatoms. The van der Waals surface area contributed by atoms with Gasteiger partial charge in [0.25, 0.3) is 0 Å². The Hall–Kier alpha value is -0.820. The van der Waals surface area contributed by atoms with Crippen molar-refractivity contribution in [3.63, 3.8) is 0 Å². The second kappa shape index (κ2) is 8.72. The highest BCUT2D eigenvalue weighted by Gasteiger charge is 2.14. The minimum atomic E-state index is -3.36. The van der Waals surface area contributed by atoms with Crippen LogP contribution in [-0.4, -0.2) is 39.2 Å². The average molecular weight is 341 g/mol. The number of hydrogen-bond donors (Lipinski definition) is 1. The molecule has 1 heterocycles. The maximum absolute atomic E-state index is 11.9. The van der Waals surface area contributed by atoms with E-state index >= 15 is 0 Å². The zero-order valence-corrected chi connectivity index (χ0v) is 14.5. The van der Waals surface area contributed by atoms with E-state index in [1.54, 1.807) is 6.08 Å². The number of rotatable bonds is 7. The van der Waals surface area contributed by atoms with Crippen LogP contribution in [0.1, 0.15) is 24.0 Å². The van der Waals surface area contributed by atoms with Crippen LogP contribution < -0.4 is 4.72 Å². The van der Waals surface area contributed by atoms with Crippen LogP contribution in [0, 0.1) is 6.92 Å². The van der Waals surface area contributed by atoms with Gasteiger partial charge in [-0.1, -0.05) is 29.8 Å². The standard InChI is InChI=1S/C16H23NO3S2/c1-14-2-4-15(5-3-14)8-13-22(18,19)17-9-12-21-16-6-10-20-11-7-16/h2-5,8,13,16-17H,6-7,9-12H2,1H3/b13-8+. The number of hydrogen-bond acceptors (Lipinski definition) is 4. The summed E-state index contributed by atoms with van der Waals surface area (Å²) in [6.07, 6.45) is 3.74. The first-order valence-electron chi connectivity index (χ1n) is 7.49. The van der Waals surface area contributed by atoms with Crippen molar-refractivity contribution in [1.29, 1.82) is 0 Å². The fourth-order valence-electron chi connectivity index (χ4n) is 2.15. The van der Waals surface area contributed by atoms with Gasteiger partial charge < -0.3 is 4.74 Å². The van der Waals surface area contributed by atoms with Crippen molar-refractivity contribution in [2.45, 2.75) is 25.0 Å². The number of ether oxygens (including phenoxy) is 1. The molecule has 1 aliphatic rings. The van der Waals surface area contributed by atoms with Crippen LogP contribution in [0.25, 0.3) is 6.08 Å².